The fraction of sp³-hybridized carbons (Fsp3) is 0.480. The maximum atomic E-state index is 13.4. The number of benzene rings is 1. The highest BCUT2D eigenvalue weighted by atomic mass is 32.1. The van der Waals surface area contributed by atoms with Gasteiger partial charge in [-0.3, -0.25) is 9.59 Å². The molecule has 4 rings (SSSR count). The smallest absolute Gasteiger partial charge is 0.321 e. The van der Waals surface area contributed by atoms with E-state index in [0.29, 0.717) is 30.8 Å². The molecular formula is C25H32N4O3S. The summed E-state index contributed by atoms with van der Waals surface area (Å²) in [7, 11) is 0. The predicted molar refractivity (Wildman–Crippen MR) is 130 cm³/mol. The molecule has 7 nitrogen and oxygen atoms in total. The van der Waals surface area contributed by atoms with Crippen LogP contribution in [-0.2, 0) is 4.79 Å². The van der Waals surface area contributed by atoms with Crippen LogP contribution < -0.4 is 10.6 Å². The van der Waals surface area contributed by atoms with Gasteiger partial charge in [-0.1, -0.05) is 23.8 Å². The van der Waals surface area contributed by atoms with Crippen LogP contribution in [0.2, 0.25) is 0 Å². The minimum atomic E-state index is -0.556. The number of nitrogens with one attached hydrogen (secondary N) is 2. The molecule has 1 aromatic heterocycles. The summed E-state index contributed by atoms with van der Waals surface area (Å²) < 4.78 is 0. The lowest BCUT2D eigenvalue weighted by Crippen LogP contribution is -2.55. The van der Waals surface area contributed by atoms with Gasteiger partial charge in [-0.05, 0) is 68.5 Å². The number of urea groups is 1. The highest BCUT2D eigenvalue weighted by molar-refractivity contribution is 7.12. The molecule has 0 radical (unpaired) electrons. The minimum absolute atomic E-state index is 0.00626. The van der Waals surface area contributed by atoms with Gasteiger partial charge in [0.05, 0.1) is 4.88 Å². The second-order valence-corrected chi connectivity index (χ2v) is 9.88. The van der Waals surface area contributed by atoms with Gasteiger partial charge in [-0.25, -0.2) is 4.79 Å². The molecule has 2 saturated heterocycles. The fourth-order valence-electron chi connectivity index (χ4n) is 4.59. The molecule has 1 atom stereocenters. The van der Waals surface area contributed by atoms with Crippen molar-refractivity contribution in [3.63, 3.8) is 0 Å². The summed E-state index contributed by atoms with van der Waals surface area (Å²) in [6.45, 7) is 4.63. The lowest BCUT2D eigenvalue weighted by Gasteiger charge is -2.38. The van der Waals surface area contributed by atoms with Crippen LogP contribution in [0.4, 0.5) is 10.5 Å². The van der Waals surface area contributed by atoms with Crippen LogP contribution >= 0.6 is 11.3 Å². The number of piperidine rings is 2. The number of nitrogens with zero attached hydrogens (tertiary/aromatic N) is 2. The molecule has 3 heterocycles. The summed E-state index contributed by atoms with van der Waals surface area (Å²) in [6, 6.07) is 10.7. The fourth-order valence-corrected chi connectivity index (χ4v) is 5.21. The van der Waals surface area contributed by atoms with Crippen LogP contribution in [0.3, 0.4) is 0 Å². The maximum absolute atomic E-state index is 13.4. The van der Waals surface area contributed by atoms with Crippen molar-refractivity contribution in [3.05, 3.63) is 52.2 Å². The molecule has 2 N–H and O–H groups in total. The minimum Gasteiger partial charge on any atom is -0.341 e. The monoisotopic (exact) mass is 468 g/mol. The number of thiophene rings is 1. The molecule has 4 amide bonds. The van der Waals surface area contributed by atoms with Gasteiger partial charge in [0.15, 0.2) is 0 Å². The quantitative estimate of drug-likeness (QED) is 0.693. The van der Waals surface area contributed by atoms with Gasteiger partial charge >= 0.3 is 6.03 Å². The van der Waals surface area contributed by atoms with Crippen molar-refractivity contribution >= 4 is 34.9 Å². The Morgan fingerprint density at radius 2 is 1.64 bits per heavy atom. The largest absolute Gasteiger partial charge is 0.341 e. The Morgan fingerprint density at radius 3 is 2.27 bits per heavy atom. The predicted octanol–water partition coefficient (Wildman–Crippen LogP) is 4.11. The third kappa shape index (κ3) is 5.93. The van der Waals surface area contributed by atoms with Crippen molar-refractivity contribution in [2.75, 3.05) is 31.5 Å². The normalized spacial score (nSPS) is 18.0. The van der Waals surface area contributed by atoms with Gasteiger partial charge in [0.2, 0.25) is 5.91 Å². The number of anilines is 1. The Hall–Kier alpha value is -2.87. The van der Waals surface area contributed by atoms with E-state index in [9.17, 15) is 14.4 Å². The zero-order chi connectivity index (χ0) is 23.2. The van der Waals surface area contributed by atoms with Crippen LogP contribution in [-0.4, -0.2) is 59.9 Å². The highest BCUT2D eigenvalue weighted by Crippen LogP contribution is 2.25. The van der Waals surface area contributed by atoms with Crippen molar-refractivity contribution < 1.29 is 14.4 Å². The van der Waals surface area contributed by atoms with Gasteiger partial charge in [0.1, 0.15) is 6.04 Å². The molecule has 2 aromatic rings. The van der Waals surface area contributed by atoms with Gasteiger partial charge < -0.3 is 20.4 Å². The summed E-state index contributed by atoms with van der Waals surface area (Å²) in [5.41, 5.74) is 1.91. The van der Waals surface area contributed by atoms with Gasteiger partial charge in [-0.15, -0.1) is 11.3 Å². The average molecular weight is 469 g/mol. The molecule has 0 bridgehead atoms. The topological polar surface area (TPSA) is 81.8 Å². The van der Waals surface area contributed by atoms with Crippen molar-refractivity contribution in [1.82, 2.24) is 15.1 Å². The van der Waals surface area contributed by atoms with E-state index in [1.807, 2.05) is 47.5 Å². The highest BCUT2D eigenvalue weighted by Gasteiger charge is 2.36. The SMILES string of the molecule is Cc1ccc(NC(=O)N2CCC(C(NC(=O)c3cccs3)C(=O)N3CCCCC3)CC2)cc1. The van der Waals surface area contributed by atoms with E-state index in [4.69, 9.17) is 0 Å². The zero-order valence-electron chi connectivity index (χ0n) is 19.1. The van der Waals surface area contributed by atoms with E-state index in [-0.39, 0.29) is 23.8 Å². The average Bonchev–Trinajstić information content (AvgIpc) is 3.39. The summed E-state index contributed by atoms with van der Waals surface area (Å²) in [5.74, 6) is -0.172. The summed E-state index contributed by atoms with van der Waals surface area (Å²) in [4.78, 5) is 43.2. The lowest BCUT2D eigenvalue weighted by atomic mass is 9.88. The Kier molecular flexibility index (Phi) is 7.65. The lowest BCUT2D eigenvalue weighted by molar-refractivity contribution is -0.136. The molecular weight excluding hydrogens is 436 g/mol. The van der Waals surface area contributed by atoms with Gasteiger partial charge in [-0.2, -0.15) is 0 Å². The summed E-state index contributed by atoms with van der Waals surface area (Å²) in [6.07, 6.45) is 4.51. The number of hydrogen-bond donors (Lipinski definition) is 2. The summed E-state index contributed by atoms with van der Waals surface area (Å²) >= 11 is 1.37. The Bertz CT molecular complexity index is 947. The first-order chi connectivity index (χ1) is 16.0. The third-order valence-electron chi connectivity index (χ3n) is 6.57. The first-order valence-electron chi connectivity index (χ1n) is 11.8. The van der Waals surface area contributed by atoms with E-state index in [2.05, 4.69) is 10.6 Å². The zero-order valence-corrected chi connectivity index (χ0v) is 19.9. The second kappa shape index (κ2) is 10.8. The Labute approximate surface area is 199 Å². The van der Waals surface area contributed by atoms with E-state index in [1.54, 1.807) is 11.0 Å². The molecule has 0 aliphatic carbocycles. The number of carbonyl (C=O) groups excluding carboxylic acids is 3. The molecule has 2 fully saturated rings. The van der Waals surface area contributed by atoms with Crippen LogP contribution in [0.5, 0.6) is 0 Å². The number of likely N-dealkylation sites (tertiary alicyclic amines) is 2. The van der Waals surface area contributed by atoms with Crippen LogP contribution in [0, 0.1) is 12.8 Å². The van der Waals surface area contributed by atoms with Crippen LogP contribution in [0.15, 0.2) is 41.8 Å². The van der Waals surface area contributed by atoms with Crippen molar-refractivity contribution in [2.24, 2.45) is 5.92 Å². The van der Waals surface area contributed by atoms with Crippen molar-refractivity contribution in [3.8, 4) is 0 Å². The molecule has 1 aromatic carbocycles. The van der Waals surface area contributed by atoms with E-state index in [1.165, 1.54) is 11.3 Å². The third-order valence-corrected chi connectivity index (χ3v) is 7.44. The van der Waals surface area contributed by atoms with E-state index >= 15 is 0 Å². The molecule has 8 heteroatoms. The first-order valence-corrected chi connectivity index (χ1v) is 12.6. The molecule has 1 unspecified atom stereocenters. The molecule has 2 aliphatic rings. The molecule has 33 heavy (non-hydrogen) atoms. The van der Waals surface area contributed by atoms with E-state index < -0.39 is 6.04 Å². The Balaban J connectivity index is 1.39. The molecule has 0 saturated carbocycles. The standard InChI is InChI=1S/C25H32N4O3S/c1-18-7-9-20(10-8-18)26-25(32)29-15-11-19(12-16-29)22(24(31)28-13-3-2-4-14-28)27-23(30)21-6-5-17-33-21/h5-10,17,19,22H,2-4,11-16H2,1H3,(H,26,32)(H,27,30). The van der Waals surface area contributed by atoms with Crippen molar-refractivity contribution in [2.45, 2.75) is 45.1 Å². The number of carbonyl (C=O) groups is 3. The van der Waals surface area contributed by atoms with Gasteiger partial charge in [0, 0.05) is 31.9 Å². The molecule has 0 spiro atoms. The maximum Gasteiger partial charge on any atom is 0.321 e. The number of hydrogen-bond acceptors (Lipinski definition) is 4. The molecule has 2 aliphatic heterocycles. The number of rotatable bonds is 5. The number of amides is 4. The second-order valence-electron chi connectivity index (χ2n) is 8.94. The first kappa shape index (κ1) is 23.3. The van der Waals surface area contributed by atoms with E-state index in [0.717, 1.165) is 43.6 Å². The Morgan fingerprint density at radius 1 is 0.939 bits per heavy atom. The summed E-state index contributed by atoms with van der Waals surface area (Å²) in [5, 5.41) is 7.85. The molecule has 176 valence electrons. The van der Waals surface area contributed by atoms with Crippen LogP contribution in [0.25, 0.3) is 0 Å². The number of aryl methyl sites for hydroxylation is 1. The van der Waals surface area contributed by atoms with Crippen LogP contribution in [0.1, 0.15) is 47.3 Å². The van der Waals surface area contributed by atoms with Crippen molar-refractivity contribution in [1.29, 1.82) is 0 Å². The van der Waals surface area contributed by atoms with Gasteiger partial charge in [0.25, 0.3) is 5.91 Å².